The van der Waals surface area contributed by atoms with Crippen LogP contribution < -0.4 is 10.1 Å². The van der Waals surface area contributed by atoms with Crippen LogP contribution in [0.2, 0.25) is 5.02 Å². The Kier molecular flexibility index (Phi) is 5.31. The third-order valence-corrected chi connectivity index (χ3v) is 3.07. The summed E-state index contributed by atoms with van der Waals surface area (Å²) >= 11 is 5.84. The molecule has 3 nitrogen and oxygen atoms in total. The zero-order valence-corrected chi connectivity index (χ0v) is 11.7. The molecule has 102 valence electrons. The van der Waals surface area contributed by atoms with Crippen LogP contribution >= 0.6 is 11.6 Å². The Morgan fingerprint density at radius 1 is 1.26 bits per heavy atom. The van der Waals surface area contributed by atoms with E-state index in [0.717, 1.165) is 18.7 Å². The molecule has 0 bridgehead atoms. The van der Waals surface area contributed by atoms with Crippen LogP contribution in [0.25, 0.3) is 0 Å². The number of rotatable bonds is 7. The summed E-state index contributed by atoms with van der Waals surface area (Å²) in [5, 5.41) is 4.13. The van der Waals surface area contributed by atoms with Crippen molar-refractivity contribution < 1.29 is 9.15 Å². The van der Waals surface area contributed by atoms with Crippen molar-refractivity contribution in [3.05, 3.63) is 53.4 Å². The number of furan rings is 1. The summed E-state index contributed by atoms with van der Waals surface area (Å²) in [5.74, 6) is 0.833. The molecule has 0 aliphatic carbocycles. The summed E-state index contributed by atoms with van der Waals surface area (Å²) in [4.78, 5) is 0. The molecule has 0 aliphatic rings. The molecule has 0 amide bonds. The van der Waals surface area contributed by atoms with E-state index in [9.17, 15) is 0 Å². The molecule has 0 radical (unpaired) electrons. The molecule has 1 heterocycles. The Labute approximate surface area is 118 Å². The molecule has 4 heteroatoms. The third kappa shape index (κ3) is 4.62. The van der Waals surface area contributed by atoms with Gasteiger partial charge in [-0.2, -0.15) is 0 Å². The molecule has 0 spiro atoms. The van der Waals surface area contributed by atoms with E-state index in [2.05, 4.69) is 12.2 Å². The third-order valence-electron chi connectivity index (χ3n) is 2.82. The zero-order valence-electron chi connectivity index (χ0n) is 10.9. The van der Waals surface area contributed by atoms with Crippen LogP contribution in [-0.2, 0) is 6.42 Å². The first-order chi connectivity index (χ1) is 9.28. The quantitative estimate of drug-likeness (QED) is 0.842. The van der Waals surface area contributed by atoms with Gasteiger partial charge in [-0.25, -0.2) is 0 Å². The zero-order chi connectivity index (χ0) is 13.5. The van der Waals surface area contributed by atoms with Crippen molar-refractivity contribution in [2.75, 3.05) is 13.2 Å². The fourth-order valence-electron chi connectivity index (χ4n) is 1.90. The summed E-state index contributed by atoms with van der Waals surface area (Å²) in [6.45, 7) is 3.61. The second-order valence-electron chi connectivity index (χ2n) is 4.36. The maximum atomic E-state index is 5.84. The first-order valence-electron chi connectivity index (χ1n) is 6.40. The van der Waals surface area contributed by atoms with Gasteiger partial charge in [-0.05, 0) is 48.9 Å². The number of ether oxygens (including phenoxy) is 1. The smallest absolute Gasteiger partial charge is 0.119 e. The summed E-state index contributed by atoms with van der Waals surface area (Å²) in [7, 11) is 0. The van der Waals surface area contributed by atoms with Gasteiger partial charge in [0.2, 0.25) is 0 Å². The largest absolute Gasteiger partial charge is 0.492 e. The molecule has 0 saturated carbocycles. The topological polar surface area (TPSA) is 34.4 Å². The molecule has 0 saturated heterocycles. The predicted molar refractivity (Wildman–Crippen MR) is 76.8 cm³/mol. The highest BCUT2D eigenvalue weighted by atomic mass is 35.5. The molecule has 2 aromatic rings. The Morgan fingerprint density at radius 2 is 2.05 bits per heavy atom. The van der Waals surface area contributed by atoms with Gasteiger partial charge in [-0.15, -0.1) is 0 Å². The summed E-state index contributed by atoms with van der Waals surface area (Å²) in [6.07, 6.45) is 4.35. The minimum absolute atomic E-state index is 0.262. The normalized spacial score (nSPS) is 12.3. The molecule has 1 unspecified atom stereocenters. The van der Waals surface area contributed by atoms with Crippen molar-refractivity contribution >= 4 is 11.6 Å². The first kappa shape index (κ1) is 14.0. The number of hydrogen-bond donors (Lipinski definition) is 1. The molecule has 19 heavy (non-hydrogen) atoms. The van der Waals surface area contributed by atoms with Crippen LogP contribution in [0, 0.1) is 0 Å². The highest BCUT2D eigenvalue weighted by Gasteiger charge is 2.10. The van der Waals surface area contributed by atoms with Crippen molar-refractivity contribution in [1.29, 1.82) is 0 Å². The number of nitrogens with one attached hydrogen (secondary N) is 1. The standard InChI is InChI=1S/C15H18ClNO2/c1-2-17-14(9-12-7-8-18-10-12)11-19-15-5-3-13(16)4-6-15/h3-8,10,14,17H,2,9,11H2,1H3. The van der Waals surface area contributed by atoms with Crippen molar-refractivity contribution in [2.45, 2.75) is 19.4 Å². The summed E-state index contributed by atoms with van der Waals surface area (Å²) in [6, 6.07) is 9.65. The average Bonchev–Trinajstić information content (AvgIpc) is 2.91. The van der Waals surface area contributed by atoms with Gasteiger partial charge in [-0.1, -0.05) is 18.5 Å². The van der Waals surface area contributed by atoms with Gasteiger partial charge in [0.25, 0.3) is 0 Å². The van der Waals surface area contributed by atoms with Crippen molar-refractivity contribution in [1.82, 2.24) is 5.32 Å². The maximum Gasteiger partial charge on any atom is 0.119 e. The highest BCUT2D eigenvalue weighted by molar-refractivity contribution is 6.30. The second-order valence-corrected chi connectivity index (χ2v) is 4.79. The Morgan fingerprint density at radius 3 is 2.68 bits per heavy atom. The van der Waals surface area contributed by atoms with E-state index in [4.69, 9.17) is 20.8 Å². The Hall–Kier alpha value is -1.45. The molecule has 1 aromatic heterocycles. The number of likely N-dealkylation sites (N-methyl/N-ethyl adjacent to an activating group) is 1. The van der Waals surface area contributed by atoms with E-state index in [1.807, 2.05) is 30.3 Å². The van der Waals surface area contributed by atoms with Crippen molar-refractivity contribution in [2.24, 2.45) is 0 Å². The Bertz CT molecular complexity index is 467. The predicted octanol–water partition coefficient (Wildman–Crippen LogP) is 3.53. The van der Waals surface area contributed by atoms with Gasteiger partial charge >= 0.3 is 0 Å². The number of hydrogen-bond acceptors (Lipinski definition) is 3. The molecule has 1 aromatic carbocycles. The lowest BCUT2D eigenvalue weighted by atomic mass is 10.1. The lowest BCUT2D eigenvalue weighted by molar-refractivity contribution is 0.264. The first-order valence-corrected chi connectivity index (χ1v) is 6.78. The van der Waals surface area contributed by atoms with Crippen LogP contribution in [0.15, 0.2) is 47.3 Å². The van der Waals surface area contributed by atoms with E-state index >= 15 is 0 Å². The van der Waals surface area contributed by atoms with Gasteiger partial charge < -0.3 is 14.5 Å². The molecule has 0 fully saturated rings. The van der Waals surface area contributed by atoms with Crippen molar-refractivity contribution in [3.8, 4) is 5.75 Å². The highest BCUT2D eigenvalue weighted by Crippen LogP contribution is 2.16. The minimum atomic E-state index is 0.262. The molecule has 2 rings (SSSR count). The molecule has 0 aliphatic heterocycles. The van der Waals surface area contributed by atoms with Gasteiger partial charge in [0.05, 0.1) is 12.5 Å². The van der Waals surface area contributed by atoms with Crippen LogP contribution in [0.5, 0.6) is 5.75 Å². The van der Waals surface area contributed by atoms with Crippen LogP contribution in [0.3, 0.4) is 0 Å². The second kappa shape index (κ2) is 7.22. The van der Waals surface area contributed by atoms with Gasteiger partial charge in [0, 0.05) is 11.1 Å². The summed E-state index contributed by atoms with van der Waals surface area (Å²) < 4.78 is 10.9. The van der Waals surface area contributed by atoms with E-state index in [-0.39, 0.29) is 6.04 Å². The SMILES string of the molecule is CCNC(COc1ccc(Cl)cc1)Cc1ccoc1. The van der Waals surface area contributed by atoms with Crippen LogP contribution in [0.1, 0.15) is 12.5 Å². The lowest BCUT2D eigenvalue weighted by Crippen LogP contribution is -2.36. The molecular formula is C15H18ClNO2. The average molecular weight is 280 g/mol. The number of benzene rings is 1. The van der Waals surface area contributed by atoms with E-state index in [1.54, 1.807) is 12.5 Å². The molecule has 1 atom stereocenters. The molecule has 1 N–H and O–H groups in total. The fraction of sp³-hybridized carbons (Fsp3) is 0.333. The van der Waals surface area contributed by atoms with E-state index < -0.39 is 0 Å². The lowest BCUT2D eigenvalue weighted by Gasteiger charge is -2.18. The van der Waals surface area contributed by atoms with Crippen molar-refractivity contribution in [3.63, 3.8) is 0 Å². The van der Waals surface area contributed by atoms with Crippen LogP contribution in [0.4, 0.5) is 0 Å². The maximum absolute atomic E-state index is 5.84. The van der Waals surface area contributed by atoms with E-state index in [1.165, 1.54) is 5.56 Å². The van der Waals surface area contributed by atoms with Gasteiger partial charge in [0.15, 0.2) is 0 Å². The fourth-order valence-corrected chi connectivity index (χ4v) is 2.03. The monoisotopic (exact) mass is 279 g/mol. The summed E-state index contributed by atoms with van der Waals surface area (Å²) in [5.41, 5.74) is 1.17. The number of halogens is 1. The van der Waals surface area contributed by atoms with Crippen LogP contribution in [-0.4, -0.2) is 19.2 Å². The Balaban J connectivity index is 1.87. The van der Waals surface area contributed by atoms with Gasteiger partial charge in [-0.3, -0.25) is 0 Å². The molecular weight excluding hydrogens is 262 g/mol. The van der Waals surface area contributed by atoms with E-state index in [0.29, 0.717) is 11.6 Å². The van der Waals surface area contributed by atoms with Gasteiger partial charge in [0.1, 0.15) is 12.4 Å². The minimum Gasteiger partial charge on any atom is -0.492 e.